The van der Waals surface area contributed by atoms with Crippen LogP contribution in [0.15, 0.2) is 11.6 Å². The summed E-state index contributed by atoms with van der Waals surface area (Å²) >= 11 is 0. The van der Waals surface area contributed by atoms with Gasteiger partial charge in [0.15, 0.2) is 0 Å². The van der Waals surface area contributed by atoms with Gasteiger partial charge >= 0.3 is 0 Å². The normalized spacial score (nSPS) is 26.5. The molecule has 1 aliphatic carbocycles. The van der Waals surface area contributed by atoms with Gasteiger partial charge in [-0.1, -0.05) is 25.0 Å². The number of ketones is 1. The molecule has 0 bridgehead atoms. The van der Waals surface area contributed by atoms with Crippen LogP contribution in [0, 0.1) is 5.92 Å². The molecule has 0 aliphatic heterocycles. The largest absolute Gasteiger partial charge is 0.299 e. The minimum Gasteiger partial charge on any atom is -0.299 e. The molecule has 1 saturated carbocycles. The number of Topliss-reactive ketones (excluding diaryl/α,β-unsaturated/α-hetero) is 1. The number of hydrogen-bond donors (Lipinski definition) is 0. The van der Waals surface area contributed by atoms with E-state index in [1.165, 1.54) is 18.4 Å². The van der Waals surface area contributed by atoms with Crippen LogP contribution in [-0.2, 0) is 4.79 Å². The number of allylic oxidation sites excluding steroid dienone is 2. The number of carbonyl (C=O) groups excluding carboxylic acids is 1. The Bertz CT molecular complexity index is 191. The van der Waals surface area contributed by atoms with Gasteiger partial charge in [0.05, 0.1) is 0 Å². The number of hydrogen-bond acceptors (Lipinski definition) is 1. The molecule has 68 valence electrons. The summed E-state index contributed by atoms with van der Waals surface area (Å²) in [6.07, 6.45) is 8.06. The van der Waals surface area contributed by atoms with Crippen molar-refractivity contribution in [3.05, 3.63) is 11.6 Å². The van der Waals surface area contributed by atoms with Crippen LogP contribution in [0.25, 0.3) is 0 Å². The van der Waals surface area contributed by atoms with E-state index < -0.39 is 0 Å². The molecule has 1 unspecified atom stereocenters. The smallest absolute Gasteiger partial charge is 0.136 e. The van der Waals surface area contributed by atoms with Gasteiger partial charge in [-0.3, -0.25) is 4.79 Å². The molecule has 1 aliphatic rings. The molecule has 0 aromatic heterocycles. The molecule has 0 spiro atoms. The van der Waals surface area contributed by atoms with Crippen LogP contribution in [0.1, 0.15) is 46.0 Å². The lowest BCUT2D eigenvalue weighted by Crippen LogP contribution is -2.07. The highest BCUT2D eigenvalue weighted by atomic mass is 16.1. The van der Waals surface area contributed by atoms with Gasteiger partial charge in [0.2, 0.25) is 0 Å². The van der Waals surface area contributed by atoms with E-state index in [-0.39, 0.29) is 5.92 Å². The lowest BCUT2D eigenvalue weighted by molar-refractivity contribution is -0.119. The molecule has 0 radical (unpaired) electrons. The summed E-state index contributed by atoms with van der Waals surface area (Å²) in [5, 5.41) is 0. The lowest BCUT2D eigenvalue weighted by atomic mass is 9.98. The summed E-state index contributed by atoms with van der Waals surface area (Å²) in [5.41, 5.74) is 1.41. The second kappa shape index (κ2) is 4.44. The first-order valence-corrected chi connectivity index (χ1v) is 4.95. The maximum atomic E-state index is 11.2. The predicted molar refractivity (Wildman–Crippen MR) is 51.0 cm³/mol. The predicted octanol–water partition coefficient (Wildman–Crippen LogP) is 3.10. The van der Waals surface area contributed by atoms with Crippen molar-refractivity contribution in [2.45, 2.75) is 46.0 Å². The fourth-order valence-corrected chi connectivity index (χ4v) is 1.91. The highest BCUT2D eigenvalue weighted by Crippen LogP contribution is 2.31. The topological polar surface area (TPSA) is 17.1 Å². The van der Waals surface area contributed by atoms with E-state index in [4.69, 9.17) is 0 Å². The van der Waals surface area contributed by atoms with E-state index in [0.29, 0.717) is 5.78 Å². The molecule has 1 atom stereocenters. The fourth-order valence-electron chi connectivity index (χ4n) is 1.91. The van der Waals surface area contributed by atoms with E-state index in [2.05, 4.69) is 13.0 Å². The van der Waals surface area contributed by atoms with Crippen LogP contribution < -0.4 is 0 Å². The molecule has 1 rings (SSSR count). The maximum absolute atomic E-state index is 11.2. The van der Waals surface area contributed by atoms with Crippen molar-refractivity contribution in [1.82, 2.24) is 0 Å². The van der Waals surface area contributed by atoms with Gasteiger partial charge in [-0.15, -0.1) is 0 Å². The zero-order chi connectivity index (χ0) is 8.97. The molecule has 0 aromatic rings. The van der Waals surface area contributed by atoms with Crippen molar-refractivity contribution in [3.8, 4) is 0 Å². The molecule has 0 N–H and O–H groups in total. The van der Waals surface area contributed by atoms with Crippen LogP contribution in [0.5, 0.6) is 0 Å². The van der Waals surface area contributed by atoms with Crippen molar-refractivity contribution < 1.29 is 4.79 Å². The minimum atomic E-state index is 0.275. The number of unbranched alkanes of at least 4 members (excludes halogenated alkanes) is 1. The average molecular weight is 166 g/mol. The van der Waals surface area contributed by atoms with Crippen molar-refractivity contribution in [2.24, 2.45) is 5.92 Å². The van der Waals surface area contributed by atoms with E-state index in [0.717, 1.165) is 19.3 Å². The van der Waals surface area contributed by atoms with Gasteiger partial charge in [-0.25, -0.2) is 0 Å². The minimum absolute atomic E-state index is 0.275. The summed E-state index contributed by atoms with van der Waals surface area (Å²) in [6, 6.07) is 0. The Labute approximate surface area is 74.9 Å². The highest BCUT2D eigenvalue weighted by molar-refractivity contribution is 5.81. The van der Waals surface area contributed by atoms with Gasteiger partial charge in [0.25, 0.3) is 0 Å². The van der Waals surface area contributed by atoms with Gasteiger partial charge in [-0.2, -0.15) is 0 Å². The van der Waals surface area contributed by atoms with E-state index in [1.807, 2.05) is 0 Å². The second-order valence-corrected chi connectivity index (χ2v) is 3.62. The van der Waals surface area contributed by atoms with E-state index in [1.54, 1.807) is 6.92 Å². The molecular weight excluding hydrogens is 148 g/mol. The van der Waals surface area contributed by atoms with Crippen LogP contribution in [0.3, 0.4) is 0 Å². The lowest BCUT2D eigenvalue weighted by Gasteiger charge is -2.06. The molecule has 1 heteroatoms. The third-order valence-corrected chi connectivity index (χ3v) is 2.59. The molecule has 1 fully saturated rings. The molecule has 0 heterocycles. The molecule has 1 nitrogen and oxygen atoms in total. The van der Waals surface area contributed by atoms with Gasteiger partial charge < -0.3 is 0 Å². The maximum Gasteiger partial charge on any atom is 0.136 e. The van der Waals surface area contributed by atoms with Crippen molar-refractivity contribution in [1.29, 1.82) is 0 Å². The first kappa shape index (κ1) is 9.50. The van der Waals surface area contributed by atoms with Gasteiger partial charge in [0.1, 0.15) is 5.78 Å². The van der Waals surface area contributed by atoms with E-state index in [9.17, 15) is 4.79 Å². The SMILES string of the molecule is CCC/C=C1/CCCC1C(C)=O. The van der Waals surface area contributed by atoms with Crippen LogP contribution in [0.4, 0.5) is 0 Å². The van der Waals surface area contributed by atoms with Gasteiger partial charge in [0, 0.05) is 5.92 Å². The van der Waals surface area contributed by atoms with Gasteiger partial charge in [-0.05, 0) is 32.6 Å². The standard InChI is InChI=1S/C11H18O/c1-3-4-6-10-7-5-8-11(10)9(2)12/h6,11H,3-5,7-8H2,1-2H3/b10-6-. The summed E-state index contributed by atoms with van der Waals surface area (Å²) in [4.78, 5) is 11.2. The Kier molecular flexibility index (Phi) is 3.51. The Balaban J connectivity index is 2.57. The zero-order valence-electron chi connectivity index (χ0n) is 8.10. The van der Waals surface area contributed by atoms with Crippen LogP contribution in [0.2, 0.25) is 0 Å². The van der Waals surface area contributed by atoms with Crippen molar-refractivity contribution in [2.75, 3.05) is 0 Å². The fraction of sp³-hybridized carbons (Fsp3) is 0.727. The average Bonchev–Trinajstić information content (AvgIpc) is 2.48. The summed E-state index contributed by atoms with van der Waals surface area (Å²) in [5.74, 6) is 0.631. The first-order chi connectivity index (χ1) is 5.75. The Morgan fingerprint density at radius 1 is 1.67 bits per heavy atom. The monoisotopic (exact) mass is 166 g/mol. The molecule has 0 aromatic carbocycles. The molecule has 12 heavy (non-hydrogen) atoms. The second-order valence-electron chi connectivity index (χ2n) is 3.62. The molecule has 0 amide bonds. The third kappa shape index (κ3) is 2.20. The summed E-state index contributed by atoms with van der Waals surface area (Å²) in [7, 11) is 0. The van der Waals surface area contributed by atoms with Crippen molar-refractivity contribution >= 4 is 5.78 Å². The number of rotatable bonds is 3. The summed E-state index contributed by atoms with van der Waals surface area (Å²) in [6.45, 7) is 3.89. The number of carbonyl (C=O) groups is 1. The van der Waals surface area contributed by atoms with Crippen LogP contribution >= 0.6 is 0 Å². The Morgan fingerprint density at radius 2 is 2.42 bits per heavy atom. The molecular formula is C11H18O. The highest BCUT2D eigenvalue weighted by Gasteiger charge is 2.23. The van der Waals surface area contributed by atoms with Crippen molar-refractivity contribution in [3.63, 3.8) is 0 Å². The zero-order valence-corrected chi connectivity index (χ0v) is 8.10. The quantitative estimate of drug-likeness (QED) is 0.589. The Hall–Kier alpha value is -0.590. The first-order valence-electron chi connectivity index (χ1n) is 4.95. The summed E-state index contributed by atoms with van der Waals surface area (Å²) < 4.78 is 0. The third-order valence-electron chi connectivity index (χ3n) is 2.59. The molecule has 0 saturated heterocycles. The Morgan fingerprint density at radius 3 is 3.00 bits per heavy atom. The van der Waals surface area contributed by atoms with E-state index >= 15 is 0 Å². The van der Waals surface area contributed by atoms with Crippen LogP contribution in [-0.4, -0.2) is 5.78 Å².